The molecule has 5 nitrogen and oxygen atoms in total. The first-order chi connectivity index (χ1) is 10.5. The number of carbonyl (C=O) groups is 1. The van der Waals surface area contributed by atoms with Crippen molar-refractivity contribution < 1.29 is 13.2 Å². The van der Waals surface area contributed by atoms with Crippen molar-refractivity contribution in [1.82, 2.24) is 4.90 Å². The summed E-state index contributed by atoms with van der Waals surface area (Å²) in [5.41, 5.74) is 0.929. The van der Waals surface area contributed by atoms with Crippen LogP contribution in [0.4, 0.5) is 5.69 Å². The van der Waals surface area contributed by atoms with Gasteiger partial charge in [-0.25, -0.2) is 8.42 Å². The van der Waals surface area contributed by atoms with Crippen LogP contribution in [0.25, 0.3) is 0 Å². The Kier molecular flexibility index (Phi) is 5.74. The molecule has 22 heavy (non-hydrogen) atoms. The first-order valence-electron chi connectivity index (χ1n) is 7.33. The van der Waals surface area contributed by atoms with Crippen molar-refractivity contribution in [3.05, 3.63) is 24.3 Å². The molecule has 0 bridgehead atoms. The van der Waals surface area contributed by atoms with Crippen molar-refractivity contribution in [1.29, 1.82) is 0 Å². The first-order valence-corrected chi connectivity index (χ1v) is 10.4. The van der Waals surface area contributed by atoms with E-state index < -0.39 is 9.84 Å². The molecule has 0 aromatic heterocycles. The second-order valence-electron chi connectivity index (χ2n) is 5.29. The molecule has 1 atom stereocenters. The molecule has 1 fully saturated rings. The zero-order valence-electron chi connectivity index (χ0n) is 12.9. The number of hydrogen-bond acceptors (Lipinski definition) is 5. The number of hydrogen-bond donors (Lipinski definition) is 1. The third-order valence-electron chi connectivity index (χ3n) is 3.85. The second kappa shape index (κ2) is 7.37. The first kappa shape index (κ1) is 17.1. The Bertz CT molecular complexity index is 631. The fraction of sp³-hybridized carbons (Fsp3) is 0.533. The standard InChI is InChI=1S/C15H22N2O3S2/c1-3-17(12-8-9-22(19,20)11-12)15(18)10-16-13-6-4-5-7-14(13)21-2/h4-7,12,16H,3,8-11H2,1-2H3. The highest BCUT2D eigenvalue weighted by Gasteiger charge is 2.33. The van der Waals surface area contributed by atoms with E-state index in [-0.39, 0.29) is 30.0 Å². The van der Waals surface area contributed by atoms with E-state index in [1.54, 1.807) is 16.7 Å². The molecule has 1 unspecified atom stereocenters. The van der Waals surface area contributed by atoms with Gasteiger partial charge in [0.1, 0.15) is 0 Å². The number of nitrogens with one attached hydrogen (secondary N) is 1. The Morgan fingerprint density at radius 3 is 2.73 bits per heavy atom. The van der Waals surface area contributed by atoms with Gasteiger partial charge in [0.15, 0.2) is 9.84 Å². The number of para-hydroxylation sites is 1. The van der Waals surface area contributed by atoms with Crippen LogP contribution in [-0.2, 0) is 14.6 Å². The van der Waals surface area contributed by atoms with E-state index in [1.165, 1.54) is 0 Å². The average molecular weight is 342 g/mol. The molecule has 7 heteroatoms. The van der Waals surface area contributed by atoms with Crippen LogP contribution >= 0.6 is 11.8 Å². The minimum absolute atomic E-state index is 0.0551. The maximum Gasteiger partial charge on any atom is 0.242 e. The molecule has 1 aliphatic rings. The molecule has 1 heterocycles. The van der Waals surface area contributed by atoms with Gasteiger partial charge in [0, 0.05) is 23.2 Å². The molecule has 1 aromatic rings. The topological polar surface area (TPSA) is 66.5 Å². The van der Waals surface area contributed by atoms with Crippen LogP contribution in [0, 0.1) is 0 Å². The quantitative estimate of drug-likeness (QED) is 0.799. The van der Waals surface area contributed by atoms with E-state index in [4.69, 9.17) is 0 Å². The fourth-order valence-electron chi connectivity index (χ4n) is 2.72. The van der Waals surface area contributed by atoms with Crippen molar-refractivity contribution in [2.24, 2.45) is 0 Å². The van der Waals surface area contributed by atoms with Gasteiger partial charge in [-0.05, 0) is 31.7 Å². The van der Waals surface area contributed by atoms with Crippen LogP contribution in [0.1, 0.15) is 13.3 Å². The molecule has 0 saturated carbocycles. The van der Waals surface area contributed by atoms with Gasteiger partial charge in [0.2, 0.25) is 5.91 Å². The number of anilines is 1. The van der Waals surface area contributed by atoms with Crippen molar-refractivity contribution in [3.63, 3.8) is 0 Å². The van der Waals surface area contributed by atoms with Gasteiger partial charge in [-0.2, -0.15) is 0 Å². The highest BCUT2D eigenvalue weighted by molar-refractivity contribution is 7.98. The molecule has 1 aromatic carbocycles. The van der Waals surface area contributed by atoms with E-state index in [9.17, 15) is 13.2 Å². The van der Waals surface area contributed by atoms with Gasteiger partial charge in [-0.15, -0.1) is 11.8 Å². The number of sulfone groups is 1. The lowest BCUT2D eigenvalue weighted by atomic mass is 10.2. The maximum atomic E-state index is 12.4. The Balaban J connectivity index is 1.98. The van der Waals surface area contributed by atoms with Gasteiger partial charge in [-0.3, -0.25) is 4.79 Å². The predicted octanol–water partition coefficient (Wildman–Crippen LogP) is 1.86. The van der Waals surface area contributed by atoms with Crippen molar-refractivity contribution >= 4 is 33.2 Å². The summed E-state index contributed by atoms with van der Waals surface area (Å²) in [4.78, 5) is 15.2. The fourth-order valence-corrected chi connectivity index (χ4v) is 5.03. The minimum Gasteiger partial charge on any atom is -0.375 e. The smallest absolute Gasteiger partial charge is 0.242 e. The monoisotopic (exact) mass is 342 g/mol. The lowest BCUT2D eigenvalue weighted by Gasteiger charge is -2.27. The van der Waals surface area contributed by atoms with E-state index in [2.05, 4.69) is 5.32 Å². The molecule has 1 N–H and O–H groups in total. The zero-order valence-corrected chi connectivity index (χ0v) is 14.5. The Labute approximate surface area is 136 Å². The number of nitrogens with zero attached hydrogens (tertiary/aromatic N) is 1. The van der Waals surface area contributed by atoms with Crippen LogP contribution in [0.5, 0.6) is 0 Å². The van der Waals surface area contributed by atoms with Gasteiger partial charge in [0.05, 0.1) is 18.1 Å². The molecule has 1 aliphatic heterocycles. The van der Waals surface area contributed by atoms with E-state index in [1.807, 2.05) is 37.4 Å². The van der Waals surface area contributed by atoms with Crippen LogP contribution < -0.4 is 5.32 Å². The molecular weight excluding hydrogens is 320 g/mol. The number of amides is 1. The predicted molar refractivity (Wildman–Crippen MR) is 91.2 cm³/mol. The van der Waals surface area contributed by atoms with Crippen molar-refractivity contribution in [3.8, 4) is 0 Å². The Morgan fingerprint density at radius 2 is 2.14 bits per heavy atom. The van der Waals surface area contributed by atoms with Gasteiger partial charge >= 0.3 is 0 Å². The van der Waals surface area contributed by atoms with E-state index >= 15 is 0 Å². The lowest BCUT2D eigenvalue weighted by molar-refractivity contribution is -0.130. The van der Waals surface area contributed by atoms with Crippen LogP contribution in [0.3, 0.4) is 0 Å². The zero-order chi connectivity index (χ0) is 16.2. The SMILES string of the molecule is CCN(C(=O)CNc1ccccc1SC)C1CCS(=O)(=O)C1. The molecule has 0 radical (unpaired) electrons. The number of carbonyl (C=O) groups excluding carboxylic acids is 1. The number of thioether (sulfide) groups is 1. The third kappa shape index (κ3) is 4.16. The van der Waals surface area contributed by atoms with Crippen LogP contribution in [0.15, 0.2) is 29.2 Å². The molecule has 2 rings (SSSR count). The van der Waals surface area contributed by atoms with Crippen molar-refractivity contribution in [2.75, 3.05) is 36.2 Å². The molecule has 1 saturated heterocycles. The minimum atomic E-state index is -2.98. The number of likely N-dealkylation sites (N-methyl/N-ethyl adjacent to an activating group) is 1. The molecule has 0 aliphatic carbocycles. The molecule has 1 amide bonds. The Hall–Kier alpha value is -1.21. The maximum absolute atomic E-state index is 12.4. The molecule has 122 valence electrons. The number of rotatable bonds is 6. The summed E-state index contributed by atoms with van der Waals surface area (Å²) in [5, 5.41) is 3.16. The summed E-state index contributed by atoms with van der Waals surface area (Å²) >= 11 is 1.62. The van der Waals surface area contributed by atoms with Crippen LogP contribution in [0.2, 0.25) is 0 Å². The average Bonchev–Trinajstić information content (AvgIpc) is 2.86. The highest BCUT2D eigenvalue weighted by atomic mass is 32.2. The largest absolute Gasteiger partial charge is 0.375 e. The summed E-state index contributed by atoms with van der Waals surface area (Å²) in [6, 6.07) is 7.64. The van der Waals surface area contributed by atoms with E-state index in [0.717, 1.165) is 10.6 Å². The summed E-state index contributed by atoms with van der Waals surface area (Å²) in [7, 11) is -2.98. The van der Waals surface area contributed by atoms with Gasteiger partial charge in [-0.1, -0.05) is 12.1 Å². The number of benzene rings is 1. The molecular formula is C15H22N2O3S2. The Morgan fingerprint density at radius 1 is 1.41 bits per heavy atom. The van der Waals surface area contributed by atoms with Crippen molar-refractivity contribution in [2.45, 2.75) is 24.3 Å². The van der Waals surface area contributed by atoms with Gasteiger partial charge < -0.3 is 10.2 Å². The normalized spacial score (nSPS) is 19.8. The molecule has 0 spiro atoms. The summed E-state index contributed by atoms with van der Waals surface area (Å²) < 4.78 is 23.2. The lowest BCUT2D eigenvalue weighted by Crippen LogP contribution is -2.43. The van der Waals surface area contributed by atoms with Gasteiger partial charge in [0.25, 0.3) is 0 Å². The van der Waals surface area contributed by atoms with E-state index in [0.29, 0.717) is 13.0 Å². The summed E-state index contributed by atoms with van der Waals surface area (Å²) in [5.74, 6) is 0.221. The second-order valence-corrected chi connectivity index (χ2v) is 8.37. The highest BCUT2D eigenvalue weighted by Crippen LogP contribution is 2.24. The third-order valence-corrected chi connectivity index (χ3v) is 6.39. The summed E-state index contributed by atoms with van der Waals surface area (Å²) in [6.45, 7) is 2.60. The summed E-state index contributed by atoms with van der Waals surface area (Å²) in [6.07, 6.45) is 2.54. The van der Waals surface area contributed by atoms with Crippen LogP contribution in [-0.4, -0.2) is 56.1 Å².